The largest absolute Gasteiger partial charge is 0.408 e. The van der Waals surface area contributed by atoms with E-state index in [4.69, 9.17) is 5.21 Å². The second-order valence-corrected chi connectivity index (χ2v) is 1.18. The first-order chi connectivity index (χ1) is 4.18. The Morgan fingerprint density at radius 1 is 1.67 bits per heavy atom. The molecule has 0 radical (unpaired) electrons. The van der Waals surface area contributed by atoms with Gasteiger partial charge in [-0.25, -0.2) is 4.79 Å². The second kappa shape index (κ2) is 3.59. The molecule has 0 rings (SSSR count). The van der Waals surface area contributed by atoms with Crippen molar-refractivity contribution in [3.63, 3.8) is 0 Å². The van der Waals surface area contributed by atoms with Crippen LogP contribution in [0.1, 0.15) is 6.92 Å². The first-order valence-electron chi connectivity index (χ1n) is 2.06. The zero-order chi connectivity index (χ0) is 7.28. The number of rotatable bonds is 2. The smallest absolute Gasteiger partial charge is 0.380 e. The van der Waals surface area contributed by atoms with Crippen LogP contribution in [0.3, 0.4) is 0 Å². The first kappa shape index (κ1) is 7.61. The number of hydrogen-bond donors (Lipinski definition) is 1. The number of hydrogen-bond acceptors (Lipinski definition) is 5. The Bertz CT molecular complexity index is 151. The highest BCUT2D eigenvalue weighted by atomic mass is 16.6. The molecule has 0 fully saturated rings. The highest BCUT2D eigenvalue weighted by Gasteiger charge is 2.05. The summed E-state index contributed by atoms with van der Waals surface area (Å²) in [7, 11) is 0. The van der Waals surface area contributed by atoms with E-state index < -0.39 is 11.8 Å². The van der Waals surface area contributed by atoms with Gasteiger partial charge < -0.3 is 9.94 Å². The summed E-state index contributed by atoms with van der Waals surface area (Å²) >= 11 is 0. The highest BCUT2D eigenvalue weighted by Crippen LogP contribution is 1.74. The Morgan fingerprint density at radius 2 is 2.22 bits per heavy atom. The molecule has 0 aliphatic carbocycles. The van der Waals surface area contributed by atoms with Gasteiger partial charge in [-0.15, -0.1) is 0 Å². The number of nitrogens with zero attached hydrogens (tertiary/aromatic N) is 1. The molecule has 0 aromatic rings. The quantitative estimate of drug-likeness (QED) is 0.137. The molecule has 0 aromatic heterocycles. The molecule has 5 nitrogen and oxygen atoms in total. The van der Waals surface area contributed by atoms with Gasteiger partial charge in [0.2, 0.25) is 12.2 Å². The minimum atomic E-state index is -1.05. The molecule has 50 valence electrons. The van der Waals surface area contributed by atoms with Crippen LogP contribution < -0.4 is 0 Å². The molecule has 0 heterocycles. The van der Waals surface area contributed by atoms with Gasteiger partial charge >= 0.3 is 5.97 Å². The molecule has 0 saturated heterocycles. The molecule has 9 heavy (non-hydrogen) atoms. The van der Waals surface area contributed by atoms with Gasteiger partial charge in [0.15, 0.2) is 0 Å². The summed E-state index contributed by atoms with van der Waals surface area (Å²) in [6, 6.07) is 0. The maximum Gasteiger partial charge on any atom is 0.380 e. The van der Waals surface area contributed by atoms with Gasteiger partial charge in [0.25, 0.3) is 0 Å². The topological polar surface area (TPSA) is 76.0 Å². The lowest BCUT2D eigenvalue weighted by Gasteiger charge is -1.87. The van der Waals surface area contributed by atoms with Crippen molar-refractivity contribution < 1.29 is 19.5 Å². The molecule has 0 spiro atoms. The van der Waals surface area contributed by atoms with Crippen LogP contribution in [0.5, 0.6) is 0 Å². The maximum atomic E-state index is 10.1. The van der Waals surface area contributed by atoms with Crippen molar-refractivity contribution in [2.75, 3.05) is 0 Å². The second-order valence-electron chi connectivity index (χ2n) is 1.18. The number of Topliss-reactive ketones (excluding diaryl/α,β-unsaturated/α-hetero) is 1. The maximum absolute atomic E-state index is 10.1. The normalized spacial score (nSPS) is 9.44. The van der Waals surface area contributed by atoms with Gasteiger partial charge in [-0.05, 0) is 0 Å². The molecule has 5 heteroatoms. The van der Waals surface area contributed by atoms with E-state index in [9.17, 15) is 9.59 Å². The van der Waals surface area contributed by atoms with Crippen LogP contribution in [0.15, 0.2) is 5.16 Å². The Labute approximate surface area is 50.9 Å². The van der Waals surface area contributed by atoms with Crippen LogP contribution >= 0.6 is 0 Å². The lowest BCUT2D eigenvalue weighted by molar-refractivity contribution is -0.146. The molecule has 0 unspecified atom stereocenters. The molecule has 0 aliphatic heterocycles. The molecule has 0 saturated carbocycles. The predicted molar refractivity (Wildman–Crippen MR) is 27.1 cm³/mol. The van der Waals surface area contributed by atoms with Crippen molar-refractivity contribution in [3.8, 4) is 0 Å². The van der Waals surface area contributed by atoms with Gasteiger partial charge in [-0.2, -0.15) is 0 Å². The van der Waals surface area contributed by atoms with Crippen molar-refractivity contribution in [1.82, 2.24) is 0 Å². The zero-order valence-electron chi connectivity index (χ0n) is 4.70. The number of carbonyl (C=O) groups excluding carboxylic acids is 2. The van der Waals surface area contributed by atoms with Crippen LogP contribution in [0, 0.1) is 0 Å². The fraction of sp³-hybridized carbons (Fsp3) is 0.250. The molecular weight excluding hydrogens is 126 g/mol. The number of esters is 1. The summed E-state index contributed by atoms with van der Waals surface area (Å²) in [4.78, 5) is 20.2. The lowest BCUT2D eigenvalue weighted by Crippen LogP contribution is -2.12. The van der Waals surface area contributed by atoms with Gasteiger partial charge in [0, 0.05) is 6.92 Å². The SMILES string of the molecule is CC(=O)C(=O)OC=NO. The molecule has 0 aromatic carbocycles. The summed E-state index contributed by atoms with van der Waals surface area (Å²) in [5.74, 6) is -1.79. The van der Waals surface area contributed by atoms with Crippen molar-refractivity contribution in [2.45, 2.75) is 6.92 Å². The summed E-state index contributed by atoms with van der Waals surface area (Å²) < 4.78 is 3.92. The van der Waals surface area contributed by atoms with Crippen molar-refractivity contribution in [3.05, 3.63) is 0 Å². The highest BCUT2D eigenvalue weighted by molar-refractivity contribution is 6.33. The molecular formula is C4H5NO4. The Kier molecular flexibility index (Phi) is 3.04. The van der Waals surface area contributed by atoms with E-state index in [1.54, 1.807) is 0 Å². The van der Waals surface area contributed by atoms with Crippen molar-refractivity contribution in [1.29, 1.82) is 0 Å². The van der Waals surface area contributed by atoms with Gasteiger partial charge in [0.05, 0.1) is 0 Å². The third-order valence-corrected chi connectivity index (χ3v) is 0.494. The minimum absolute atomic E-state index is 0.476. The van der Waals surface area contributed by atoms with E-state index >= 15 is 0 Å². The summed E-state index contributed by atoms with van der Waals surface area (Å²) in [5, 5.41) is 10.0. The third-order valence-electron chi connectivity index (χ3n) is 0.494. The molecule has 0 atom stereocenters. The van der Waals surface area contributed by atoms with E-state index in [2.05, 4.69) is 9.89 Å². The summed E-state index contributed by atoms with van der Waals surface area (Å²) in [6.45, 7) is 1.05. The molecule has 1 N–H and O–H groups in total. The van der Waals surface area contributed by atoms with Crippen LogP contribution in [-0.4, -0.2) is 23.4 Å². The number of ketones is 1. The van der Waals surface area contributed by atoms with E-state index in [0.717, 1.165) is 6.92 Å². The average Bonchev–Trinajstić information content (AvgIpc) is 1.82. The number of oxime groups is 1. The number of carbonyl (C=O) groups is 2. The Balaban J connectivity index is 3.65. The first-order valence-corrected chi connectivity index (χ1v) is 2.06. The number of ether oxygens (including phenoxy) is 1. The molecule has 0 amide bonds. The van der Waals surface area contributed by atoms with Crippen molar-refractivity contribution in [2.24, 2.45) is 5.16 Å². The Hall–Kier alpha value is -1.39. The molecule has 0 bridgehead atoms. The Morgan fingerprint density at radius 3 is 2.56 bits per heavy atom. The van der Waals surface area contributed by atoms with Crippen LogP contribution in [0.25, 0.3) is 0 Å². The third kappa shape index (κ3) is 3.22. The van der Waals surface area contributed by atoms with Gasteiger partial charge in [-0.1, -0.05) is 5.16 Å². The van der Waals surface area contributed by atoms with Gasteiger partial charge in [-0.3, -0.25) is 4.79 Å². The summed E-state index contributed by atoms with van der Waals surface area (Å²) in [6.07, 6.45) is 0.476. The van der Waals surface area contributed by atoms with Crippen LogP contribution in [0.4, 0.5) is 0 Å². The van der Waals surface area contributed by atoms with E-state index in [0.29, 0.717) is 6.40 Å². The summed E-state index contributed by atoms with van der Waals surface area (Å²) in [5.41, 5.74) is 0. The van der Waals surface area contributed by atoms with Crippen molar-refractivity contribution >= 4 is 18.2 Å². The lowest BCUT2D eigenvalue weighted by atomic mass is 10.5. The van der Waals surface area contributed by atoms with Crippen LogP contribution in [-0.2, 0) is 14.3 Å². The predicted octanol–water partition coefficient (Wildman–Crippen LogP) is -0.464. The molecule has 0 aliphatic rings. The van der Waals surface area contributed by atoms with E-state index in [1.807, 2.05) is 0 Å². The van der Waals surface area contributed by atoms with E-state index in [-0.39, 0.29) is 0 Å². The monoisotopic (exact) mass is 131 g/mol. The minimum Gasteiger partial charge on any atom is -0.408 e. The van der Waals surface area contributed by atoms with Crippen LogP contribution in [0.2, 0.25) is 0 Å². The fourth-order valence-corrected chi connectivity index (χ4v) is 0.154. The zero-order valence-corrected chi connectivity index (χ0v) is 4.70. The van der Waals surface area contributed by atoms with Gasteiger partial charge in [0.1, 0.15) is 0 Å². The average molecular weight is 131 g/mol. The van der Waals surface area contributed by atoms with E-state index in [1.165, 1.54) is 0 Å². The fourth-order valence-electron chi connectivity index (χ4n) is 0.154. The standard InChI is InChI=1S/C4H5NO4/c1-3(6)4(7)9-2-5-8/h2,8H,1H3.